The predicted octanol–water partition coefficient (Wildman–Crippen LogP) is 2.18. The number of hydrogen-bond acceptors (Lipinski definition) is 1. The molecule has 0 radical (unpaired) electrons. The van der Waals surface area contributed by atoms with Gasteiger partial charge in [-0.05, 0) is 18.8 Å². The minimum atomic E-state index is 0.618. The van der Waals surface area contributed by atoms with Crippen LogP contribution in [0.2, 0.25) is 0 Å². The summed E-state index contributed by atoms with van der Waals surface area (Å²) < 4.78 is 0. The zero-order chi connectivity index (χ0) is 7.11. The minimum Gasteiger partial charge on any atom is -0.303 e. The predicted molar refractivity (Wildman–Crippen MR) is 39.3 cm³/mol. The van der Waals surface area contributed by atoms with E-state index in [-0.39, 0.29) is 0 Å². The highest BCUT2D eigenvalue weighted by Crippen LogP contribution is 2.08. The minimum absolute atomic E-state index is 0.618. The summed E-state index contributed by atoms with van der Waals surface area (Å²) in [5, 5.41) is 0. The Balaban J connectivity index is 3.14. The molecule has 0 unspecified atom stereocenters. The average molecular weight is 126 g/mol. The largest absolute Gasteiger partial charge is 0.303 e. The molecule has 0 heterocycles. The van der Waals surface area contributed by atoms with Gasteiger partial charge in [0, 0.05) is 6.42 Å². The van der Waals surface area contributed by atoms with Crippen molar-refractivity contribution in [2.75, 3.05) is 0 Å². The Hall–Kier alpha value is -0.590. The first-order valence-corrected chi connectivity index (χ1v) is 3.35. The molecule has 0 saturated heterocycles. The Morgan fingerprint density at radius 3 is 2.78 bits per heavy atom. The molecule has 0 spiro atoms. The fourth-order valence-corrected chi connectivity index (χ4v) is 0.755. The molecule has 0 aromatic heterocycles. The summed E-state index contributed by atoms with van der Waals surface area (Å²) in [7, 11) is 0. The maximum atomic E-state index is 9.89. The Morgan fingerprint density at radius 1 is 1.67 bits per heavy atom. The van der Waals surface area contributed by atoms with Gasteiger partial charge in [0.05, 0.1) is 0 Å². The monoisotopic (exact) mass is 126 g/mol. The van der Waals surface area contributed by atoms with Crippen LogP contribution < -0.4 is 0 Å². The lowest BCUT2D eigenvalue weighted by Gasteiger charge is -2.03. The topological polar surface area (TPSA) is 17.1 Å². The summed E-state index contributed by atoms with van der Waals surface area (Å²) in [5.74, 6) is 0.618. The third-order valence-corrected chi connectivity index (χ3v) is 1.35. The maximum absolute atomic E-state index is 9.89. The van der Waals surface area contributed by atoms with Crippen molar-refractivity contribution in [1.82, 2.24) is 0 Å². The molecule has 0 amide bonds. The quantitative estimate of drug-likeness (QED) is 0.407. The smallest absolute Gasteiger partial charge is 0.120 e. The second kappa shape index (κ2) is 5.54. The van der Waals surface area contributed by atoms with Gasteiger partial charge in [-0.15, -0.1) is 6.58 Å². The van der Waals surface area contributed by atoms with Crippen molar-refractivity contribution in [2.45, 2.75) is 26.2 Å². The second-order valence-corrected chi connectivity index (χ2v) is 2.37. The van der Waals surface area contributed by atoms with E-state index in [1.54, 1.807) is 0 Å². The van der Waals surface area contributed by atoms with Crippen LogP contribution in [0.25, 0.3) is 0 Å². The molecule has 0 fully saturated rings. The highest BCUT2D eigenvalue weighted by molar-refractivity contribution is 5.49. The Morgan fingerprint density at radius 2 is 2.33 bits per heavy atom. The van der Waals surface area contributed by atoms with Crippen LogP contribution in [0.5, 0.6) is 0 Å². The van der Waals surface area contributed by atoms with Crippen molar-refractivity contribution in [2.24, 2.45) is 5.92 Å². The molecule has 1 nitrogen and oxygen atoms in total. The normalized spacial score (nSPS) is 12.6. The molecule has 1 atom stereocenters. The van der Waals surface area contributed by atoms with E-state index in [1.807, 2.05) is 6.08 Å². The highest BCUT2D eigenvalue weighted by atomic mass is 16.1. The lowest BCUT2D eigenvalue weighted by atomic mass is 10.0. The van der Waals surface area contributed by atoms with Gasteiger partial charge in [-0.2, -0.15) is 0 Å². The van der Waals surface area contributed by atoms with Crippen LogP contribution >= 0.6 is 0 Å². The fourth-order valence-electron chi connectivity index (χ4n) is 0.755. The Kier molecular flexibility index (Phi) is 5.18. The van der Waals surface area contributed by atoms with Crippen LogP contribution in [-0.4, -0.2) is 6.29 Å². The molecule has 0 aliphatic heterocycles. The van der Waals surface area contributed by atoms with Crippen molar-refractivity contribution in [3.8, 4) is 0 Å². The number of carbonyl (C=O) groups excluding carboxylic acids is 1. The van der Waals surface area contributed by atoms with Crippen LogP contribution in [-0.2, 0) is 4.79 Å². The van der Waals surface area contributed by atoms with Crippen LogP contribution in [0.15, 0.2) is 12.7 Å². The van der Waals surface area contributed by atoms with Crippen molar-refractivity contribution in [3.63, 3.8) is 0 Å². The molecule has 0 aromatic carbocycles. The SMILES string of the molecule is C=CC[C@H](C)CCC=O. The third-order valence-electron chi connectivity index (χ3n) is 1.35. The Labute approximate surface area is 56.8 Å². The zero-order valence-electron chi connectivity index (χ0n) is 5.97. The molecule has 0 rings (SSSR count). The first kappa shape index (κ1) is 8.41. The molecule has 0 aliphatic rings. The van der Waals surface area contributed by atoms with Gasteiger partial charge in [0.1, 0.15) is 6.29 Å². The average Bonchev–Trinajstić information content (AvgIpc) is 1.85. The summed E-state index contributed by atoms with van der Waals surface area (Å²) >= 11 is 0. The second-order valence-electron chi connectivity index (χ2n) is 2.37. The van der Waals surface area contributed by atoms with Gasteiger partial charge in [-0.25, -0.2) is 0 Å². The van der Waals surface area contributed by atoms with E-state index in [0.29, 0.717) is 12.3 Å². The Bertz CT molecular complexity index is 86.6. The van der Waals surface area contributed by atoms with E-state index in [1.165, 1.54) is 0 Å². The molecule has 0 aliphatic carbocycles. The standard InChI is InChI=1S/C8H14O/c1-3-5-8(2)6-4-7-9/h3,7-8H,1,4-6H2,2H3/t8-/m0/s1. The van der Waals surface area contributed by atoms with Crippen molar-refractivity contribution in [1.29, 1.82) is 0 Å². The van der Waals surface area contributed by atoms with E-state index in [4.69, 9.17) is 0 Å². The van der Waals surface area contributed by atoms with E-state index < -0.39 is 0 Å². The van der Waals surface area contributed by atoms with Gasteiger partial charge in [-0.1, -0.05) is 13.0 Å². The van der Waals surface area contributed by atoms with Crippen molar-refractivity contribution in [3.05, 3.63) is 12.7 Å². The van der Waals surface area contributed by atoms with Crippen molar-refractivity contribution < 1.29 is 4.79 Å². The molecule has 0 bridgehead atoms. The number of aldehydes is 1. The van der Waals surface area contributed by atoms with Gasteiger partial charge in [0.25, 0.3) is 0 Å². The lowest BCUT2D eigenvalue weighted by molar-refractivity contribution is -0.108. The lowest BCUT2D eigenvalue weighted by Crippen LogP contribution is -1.91. The highest BCUT2D eigenvalue weighted by Gasteiger charge is 1.96. The summed E-state index contributed by atoms with van der Waals surface area (Å²) in [6.07, 6.45) is 5.58. The van der Waals surface area contributed by atoms with Gasteiger partial charge < -0.3 is 4.79 Å². The van der Waals surface area contributed by atoms with Crippen LogP contribution in [0.3, 0.4) is 0 Å². The van der Waals surface area contributed by atoms with Gasteiger partial charge in [0.15, 0.2) is 0 Å². The molecule has 0 saturated carbocycles. The van der Waals surface area contributed by atoms with E-state index in [9.17, 15) is 4.79 Å². The fraction of sp³-hybridized carbons (Fsp3) is 0.625. The molecule has 0 N–H and O–H groups in total. The number of carbonyl (C=O) groups is 1. The molecule has 52 valence electrons. The summed E-state index contributed by atoms with van der Waals surface area (Å²) in [4.78, 5) is 9.89. The molecular formula is C8H14O. The van der Waals surface area contributed by atoms with Crippen LogP contribution in [0.1, 0.15) is 26.2 Å². The third kappa shape index (κ3) is 5.28. The van der Waals surface area contributed by atoms with Crippen molar-refractivity contribution >= 4 is 6.29 Å². The van der Waals surface area contributed by atoms with Crippen LogP contribution in [0, 0.1) is 5.92 Å². The zero-order valence-corrected chi connectivity index (χ0v) is 5.97. The van der Waals surface area contributed by atoms with E-state index >= 15 is 0 Å². The van der Waals surface area contributed by atoms with Gasteiger partial charge >= 0.3 is 0 Å². The molecule has 9 heavy (non-hydrogen) atoms. The molecular weight excluding hydrogens is 112 g/mol. The van der Waals surface area contributed by atoms with Gasteiger partial charge in [0.2, 0.25) is 0 Å². The summed E-state index contributed by atoms with van der Waals surface area (Å²) in [6, 6.07) is 0. The molecule has 1 heteroatoms. The first-order valence-electron chi connectivity index (χ1n) is 3.35. The number of allylic oxidation sites excluding steroid dienone is 1. The first-order chi connectivity index (χ1) is 4.31. The molecule has 0 aromatic rings. The van der Waals surface area contributed by atoms with Gasteiger partial charge in [-0.3, -0.25) is 0 Å². The number of rotatable bonds is 5. The van der Waals surface area contributed by atoms with E-state index in [2.05, 4.69) is 13.5 Å². The van der Waals surface area contributed by atoms with E-state index in [0.717, 1.165) is 19.1 Å². The summed E-state index contributed by atoms with van der Waals surface area (Å²) in [5.41, 5.74) is 0. The maximum Gasteiger partial charge on any atom is 0.120 e. The van der Waals surface area contributed by atoms with Crippen LogP contribution in [0.4, 0.5) is 0 Å². The summed E-state index contributed by atoms with van der Waals surface area (Å²) in [6.45, 7) is 5.75. The number of hydrogen-bond donors (Lipinski definition) is 0.